The molecular formula is C18H21FN4O2. The first-order chi connectivity index (χ1) is 12.0. The Bertz CT molecular complexity index is 960. The number of rotatable bonds is 3. The van der Waals surface area contributed by atoms with Crippen LogP contribution in [0.1, 0.15) is 13.9 Å². The fraction of sp³-hybridized carbons (Fsp3) is 0.222. The standard InChI is InChI=1S/C16H14N4O2.C2H5F.H2/c1-10-3-4-17-8-13(10)12-5-11-7-18-15(19-9-21)6-14(11)20(2)16(12)22;1-2-3;/h3-9H,1-2H3,(H,18,19,21);2H2,1H3;1H. The number of hydrogen-bond donors (Lipinski definition) is 1. The average Bonchev–Trinajstić information content (AvgIpc) is 2.60. The maximum Gasteiger partial charge on any atom is 0.258 e. The van der Waals surface area contributed by atoms with E-state index in [-0.39, 0.29) is 13.7 Å². The molecule has 3 aromatic heterocycles. The van der Waals surface area contributed by atoms with Gasteiger partial charge in [0.15, 0.2) is 0 Å². The van der Waals surface area contributed by atoms with E-state index in [1.54, 1.807) is 42.3 Å². The van der Waals surface area contributed by atoms with Gasteiger partial charge in [-0.25, -0.2) is 4.98 Å². The second kappa shape index (κ2) is 8.14. The van der Waals surface area contributed by atoms with Crippen molar-refractivity contribution < 1.29 is 10.6 Å². The molecule has 0 fully saturated rings. The van der Waals surface area contributed by atoms with Gasteiger partial charge >= 0.3 is 0 Å². The lowest BCUT2D eigenvalue weighted by Crippen LogP contribution is -2.19. The third kappa shape index (κ3) is 3.88. The van der Waals surface area contributed by atoms with Gasteiger partial charge in [-0.1, -0.05) is 0 Å². The number of nitrogens with one attached hydrogen (secondary N) is 1. The zero-order valence-corrected chi connectivity index (χ0v) is 14.3. The van der Waals surface area contributed by atoms with Crippen molar-refractivity contribution in [2.24, 2.45) is 7.05 Å². The first-order valence-corrected chi connectivity index (χ1v) is 7.70. The summed E-state index contributed by atoms with van der Waals surface area (Å²) in [4.78, 5) is 31.4. The highest BCUT2D eigenvalue weighted by Gasteiger charge is 2.11. The number of alkyl halides is 1. The molecule has 3 rings (SSSR count). The molecule has 0 unspecified atom stereocenters. The molecule has 0 saturated carbocycles. The van der Waals surface area contributed by atoms with Gasteiger partial charge in [0.2, 0.25) is 6.41 Å². The van der Waals surface area contributed by atoms with Gasteiger partial charge in [0, 0.05) is 49.6 Å². The Morgan fingerprint density at radius 3 is 2.68 bits per heavy atom. The first kappa shape index (κ1) is 18.3. The van der Waals surface area contributed by atoms with Gasteiger partial charge in [-0.2, -0.15) is 0 Å². The number of pyridine rings is 3. The molecule has 7 heteroatoms. The van der Waals surface area contributed by atoms with Gasteiger partial charge in [-0.15, -0.1) is 0 Å². The van der Waals surface area contributed by atoms with Crippen LogP contribution >= 0.6 is 0 Å². The molecule has 0 saturated heterocycles. The molecule has 0 aliphatic heterocycles. The van der Waals surface area contributed by atoms with Gasteiger partial charge < -0.3 is 9.88 Å². The van der Waals surface area contributed by atoms with Crippen molar-refractivity contribution in [1.82, 2.24) is 14.5 Å². The smallest absolute Gasteiger partial charge is 0.258 e. The van der Waals surface area contributed by atoms with Crippen molar-refractivity contribution in [3.05, 3.63) is 52.7 Å². The number of aryl methyl sites for hydroxylation is 2. The monoisotopic (exact) mass is 344 g/mol. The normalized spacial score (nSPS) is 10.1. The molecule has 0 aromatic carbocycles. The number of carbonyl (C=O) groups excluding carboxylic acids is 1. The summed E-state index contributed by atoms with van der Waals surface area (Å²) in [5.41, 5.74) is 2.96. The summed E-state index contributed by atoms with van der Waals surface area (Å²) >= 11 is 0. The van der Waals surface area contributed by atoms with Crippen LogP contribution in [0, 0.1) is 6.92 Å². The highest BCUT2D eigenvalue weighted by Crippen LogP contribution is 2.23. The molecule has 0 radical (unpaired) electrons. The van der Waals surface area contributed by atoms with Crippen molar-refractivity contribution in [3.63, 3.8) is 0 Å². The van der Waals surface area contributed by atoms with Gasteiger partial charge in [-0.05, 0) is 31.5 Å². The second-order valence-corrected chi connectivity index (χ2v) is 5.27. The Labute approximate surface area is 145 Å². The zero-order valence-electron chi connectivity index (χ0n) is 14.3. The molecule has 1 amide bonds. The minimum atomic E-state index is -0.250. The highest BCUT2D eigenvalue weighted by atomic mass is 19.1. The van der Waals surface area contributed by atoms with Crippen molar-refractivity contribution in [3.8, 4) is 11.1 Å². The molecule has 132 valence electrons. The van der Waals surface area contributed by atoms with Crippen molar-refractivity contribution >= 4 is 23.1 Å². The van der Waals surface area contributed by atoms with E-state index >= 15 is 0 Å². The van der Waals surface area contributed by atoms with E-state index in [0.29, 0.717) is 23.3 Å². The van der Waals surface area contributed by atoms with Crippen LogP contribution in [0.5, 0.6) is 0 Å². The lowest BCUT2D eigenvalue weighted by Gasteiger charge is -2.11. The summed E-state index contributed by atoms with van der Waals surface area (Å²) in [5, 5.41) is 3.30. The quantitative estimate of drug-likeness (QED) is 0.741. The average molecular weight is 344 g/mol. The summed E-state index contributed by atoms with van der Waals surface area (Å²) in [6.07, 6.45) is 5.58. The molecule has 25 heavy (non-hydrogen) atoms. The SMILES string of the molecule is CCF.Cc1ccncc1-c1cc2cnc(NC=O)cc2n(C)c1=O.[HH]. The van der Waals surface area contributed by atoms with Crippen molar-refractivity contribution in [1.29, 1.82) is 0 Å². The van der Waals surface area contributed by atoms with Crippen LogP contribution in [0.2, 0.25) is 0 Å². The lowest BCUT2D eigenvalue weighted by molar-refractivity contribution is -0.105. The Hall–Kier alpha value is -3.09. The molecular weight excluding hydrogens is 323 g/mol. The van der Waals surface area contributed by atoms with E-state index < -0.39 is 0 Å². The number of amides is 1. The van der Waals surface area contributed by atoms with Gasteiger partial charge in [0.05, 0.1) is 12.2 Å². The Kier molecular flexibility index (Phi) is 5.94. The number of anilines is 1. The molecule has 1 N–H and O–H groups in total. The molecule has 3 aromatic rings. The zero-order chi connectivity index (χ0) is 18.4. The van der Waals surface area contributed by atoms with Gasteiger partial charge in [0.1, 0.15) is 5.82 Å². The predicted octanol–water partition coefficient (Wildman–Crippen LogP) is 3.09. The summed E-state index contributed by atoms with van der Waals surface area (Å²) in [6, 6.07) is 5.35. The Morgan fingerprint density at radius 2 is 2.04 bits per heavy atom. The van der Waals surface area contributed by atoms with Gasteiger partial charge in [-0.3, -0.25) is 19.0 Å². The minimum Gasteiger partial charge on any atom is -0.313 e. The number of hydrogen-bond acceptors (Lipinski definition) is 4. The minimum absolute atomic E-state index is 0. The summed E-state index contributed by atoms with van der Waals surface area (Å²) in [7, 11) is 1.70. The second-order valence-electron chi connectivity index (χ2n) is 5.27. The van der Waals surface area contributed by atoms with Gasteiger partial charge in [0.25, 0.3) is 5.56 Å². The molecule has 0 aliphatic carbocycles. The van der Waals surface area contributed by atoms with Crippen LogP contribution in [0.3, 0.4) is 0 Å². The maximum absolute atomic E-state index is 12.6. The van der Waals surface area contributed by atoms with Crippen molar-refractivity contribution in [2.45, 2.75) is 13.8 Å². The van der Waals surface area contributed by atoms with E-state index in [9.17, 15) is 14.0 Å². The number of carbonyl (C=O) groups is 1. The van der Waals surface area contributed by atoms with Crippen LogP contribution < -0.4 is 10.9 Å². The Balaban J connectivity index is 0.000000791. The summed E-state index contributed by atoms with van der Waals surface area (Å²) in [5.74, 6) is 0.405. The summed E-state index contributed by atoms with van der Waals surface area (Å²) in [6.45, 7) is 3.15. The molecule has 3 heterocycles. The van der Waals surface area contributed by atoms with Crippen LogP contribution in [0.25, 0.3) is 22.0 Å². The van der Waals surface area contributed by atoms with E-state index in [1.165, 1.54) is 6.92 Å². The molecule has 0 atom stereocenters. The van der Waals surface area contributed by atoms with Crippen LogP contribution in [0.15, 0.2) is 41.6 Å². The third-order valence-corrected chi connectivity index (χ3v) is 3.64. The topological polar surface area (TPSA) is 76.9 Å². The lowest BCUT2D eigenvalue weighted by atomic mass is 10.0. The van der Waals surface area contributed by atoms with Crippen LogP contribution in [0.4, 0.5) is 10.2 Å². The molecule has 0 spiro atoms. The number of aromatic nitrogens is 3. The molecule has 0 aliphatic rings. The third-order valence-electron chi connectivity index (χ3n) is 3.64. The van der Waals surface area contributed by atoms with E-state index in [4.69, 9.17) is 0 Å². The van der Waals surface area contributed by atoms with Crippen molar-refractivity contribution in [2.75, 3.05) is 12.0 Å². The number of halogens is 1. The molecule has 6 nitrogen and oxygen atoms in total. The molecule has 0 bridgehead atoms. The van der Waals surface area contributed by atoms with Crippen LogP contribution in [-0.4, -0.2) is 27.6 Å². The first-order valence-electron chi connectivity index (χ1n) is 7.70. The predicted molar refractivity (Wildman–Crippen MR) is 98.4 cm³/mol. The fourth-order valence-corrected chi connectivity index (χ4v) is 2.44. The number of fused-ring (bicyclic) bond motifs is 1. The maximum atomic E-state index is 12.6. The van der Waals surface area contributed by atoms with E-state index in [1.807, 2.05) is 13.0 Å². The summed E-state index contributed by atoms with van der Waals surface area (Å²) < 4.78 is 11.8. The van der Waals surface area contributed by atoms with E-state index in [2.05, 4.69) is 15.3 Å². The largest absolute Gasteiger partial charge is 0.313 e. The Morgan fingerprint density at radius 1 is 1.32 bits per heavy atom. The number of nitrogens with zero attached hydrogens (tertiary/aromatic N) is 3. The van der Waals surface area contributed by atoms with E-state index in [0.717, 1.165) is 16.5 Å². The van der Waals surface area contributed by atoms with Crippen LogP contribution in [-0.2, 0) is 11.8 Å². The highest BCUT2D eigenvalue weighted by molar-refractivity contribution is 5.86. The fourth-order valence-electron chi connectivity index (χ4n) is 2.44.